The summed E-state index contributed by atoms with van der Waals surface area (Å²) in [6.07, 6.45) is 0. The van der Waals surface area contributed by atoms with Crippen LogP contribution >= 0.6 is 15.9 Å². The molecule has 0 aromatic heterocycles. The molecule has 1 amide bonds. The molecule has 0 aliphatic heterocycles. The van der Waals surface area contributed by atoms with Crippen LogP contribution in [0.2, 0.25) is 0 Å². The van der Waals surface area contributed by atoms with Gasteiger partial charge in [-0.3, -0.25) is 9.59 Å². The second kappa shape index (κ2) is 7.75. The van der Waals surface area contributed by atoms with Crippen molar-refractivity contribution >= 4 is 33.3 Å². The molecule has 0 aliphatic rings. The first-order chi connectivity index (χ1) is 10.6. The smallest absolute Gasteiger partial charge is 0.221 e. The molecule has 114 valence electrons. The maximum atomic E-state index is 12.0. The summed E-state index contributed by atoms with van der Waals surface area (Å²) in [6, 6.07) is 14.7. The van der Waals surface area contributed by atoms with Crippen LogP contribution in [0.4, 0.5) is 5.69 Å². The number of alkyl halides is 1. The SMILES string of the molecule is CC(=O)Nc1ccc(C(=O)CBr)c(OCc2ccccc2)c1. The van der Waals surface area contributed by atoms with Gasteiger partial charge in [0, 0.05) is 18.7 Å². The molecule has 0 saturated heterocycles. The van der Waals surface area contributed by atoms with Crippen LogP contribution in [0.5, 0.6) is 5.75 Å². The van der Waals surface area contributed by atoms with E-state index in [9.17, 15) is 9.59 Å². The summed E-state index contributed by atoms with van der Waals surface area (Å²) < 4.78 is 5.78. The second-order valence-corrected chi connectivity index (χ2v) is 5.28. The Morgan fingerprint density at radius 3 is 2.50 bits per heavy atom. The minimum atomic E-state index is -0.173. The van der Waals surface area contributed by atoms with Gasteiger partial charge in [-0.1, -0.05) is 46.3 Å². The third-order valence-corrected chi connectivity index (χ3v) is 3.47. The van der Waals surface area contributed by atoms with E-state index in [0.29, 0.717) is 23.6 Å². The van der Waals surface area contributed by atoms with Crippen molar-refractivity contribution < 1.29 is 14.3 Å². The molecule has 5 heteroatoms. The lowest BCUT2D eigenvalue weighted by Crippen LogP contribution is -2.09. The molecule has 0 radical (unpaired) electrons. The van der Waals surface area contributed by atoms with Gasteiger partial charge in [-0.15, -0.1) is 0 Å². The van der Waals surface area contributed by atoms with Crippen LogP contribution in [-0.2, 0) is 11.4 Å². The van der Waals surface area contributed by atoms with E-state index in [1.165, 1.54) is 6.92 Å². The minimum absolute atomic E-state index is 0.0718. The first-order valence-electron chi connectivity index (χ1n) is 6.77. The maximum absolute atomic E-state index is 12.0. The Balaban J connectivity index is 2.24. The van der Waals surface area contributed by atoms with Gasteiger partial charge in [0.15, 0.2) is 5.78 Å². The highest BCUT2D eigenvalue weighted by Crippen LogP contribution is 2.25. The summed E-state index contributed by atoms with van der Waals surface area (Å²) in [5.41, 5.74) is 2.09. The van der Waals surface area contributed by atoms with Crippen molar-refractivity contribution in [1.29, 1.82) is 0 Å². The van der Waals surface area contributed by atoms with E-state index in [2.05, 4.69) is 21.2 Å². The highest BCUT2D eigenvalue weighted by molar-refractivity contribution is 9.09. The first-order valence-corrected chi connectivity index (χ1v) is 7.90. The topological polar surface area (TPSA) is 55.4 Å². The molecule has 0 bridgehead atoms. The van der Waals surface area contributed by atoms with Crippen molar-refractivity contribution in [3.8, 4) is 5.75 Å². The number of amides is 1. The van der Waals surface area contributed by atoms with Crippen molar-refractivity contribution in [3.05, 3.63) is 59.7 Å². The van der Waals surface area contributed by atoms with Gasteiger partial charge in [0.2, 0.25) is 5.91 Å². The van der Waals surface area contributed by atoms with Gasteiger partial charge in [-0.2, -0.15) is 0 Å². The number of halogens is 1. The van der Waals surface area contributed by atoms with E-state index in [0.717, 1.165) is 5.56 Å². The molecule has 0 heterocycles. The lowest BCUT2D eigenvalue weighted by Gasteiger charge is -2.12. The Bertz CT molecular complexity index is 671. The molecule has 0 spiro atoms. The number of hydrogen-bond donors (Lipinski definition) is 1. The predicted octanol–water partition coefficient (Wildman–Crippen LogP) is 3.80. The number of Topliss-reactive ketones (excluding diaryl/α,β-unsaturated/α-hetero) is 1. The van der Waals surface area contributed by atoms with Gasteiger partial charge in [-0.05, 0) is 17.7 Å². The number of ether oxygens (including phenoxy) is 1. The Kier molecular flexibility index (Phi) is 5.72. The summed E-state index contributed by atoms with van der Waals surface area (Å²) in [5.74, 6) is 0.213. The Hall–Kier alpha value is -2.14. The molecule has 2 aromatic carbocycles. The van der Waals surface area contributed by atoms with Crippen molar-refractivity contribution in [3.63, 3.8) is 0 Å². The molecule has 4 nitrogen and oxygen atoms in total. The number of rotatable bonds is 6. The van der Waals surface area contributed by atoms with Gasteiger partial charge in [0.25, 0.3) is 0 Å². The highest BCUT2D eigenvalue weighted by atomic mass is 79.9. The Morgan fingerprint density at radius 2 is 1.86 bits per heavy atom. The van der Waals surface area contributed by atoms with Crippen molar-refractivity contribution in [2.45, 2.75) is 13.5 Å². The molecule has 2 rings (SSSR count). The van der Waals surface area contributed by atoms with Gasteiger partial charge in [-0.25, -0.2) is 0 Å². The zero-order valence-electron chi connectivity index (χ0n) is 12.1. The number of nitrogens with one attached hydrogen (secondary N) is 1. The summed E-state index contributed by atoms with van der Waals surface area (Å²) in [7, 11) is 0. The summed E-state index contributed by atoms with van der Waals surface area (Å²) in [6.45, 7) is 1.79. The fourth-order valence-corrected chi connectivity index (χ4v) is 2.26. The van der Waals surface area contributed by atoms with Crippen LogP contribution < -0.4 is 10.1 Å². The molecule has 0 unspecified atom stereocenters. The van der Waals surface area contributed by atoms with Gasteiger partial charge < -0.3 is 10.1 Å². The van der Waals surface area contributed by atoms with Crippen LogP contribution in [0.15, 0.2) is 48.5 Å². The molecule has 22 heavy (non-hydrogen) atoms. The maximum Gasteiger partial charge on any atom is 0.221 e. The molecule has 2 aromatic rings. The average Bonchev–Trinajstić information content (AvgIpc) is 2.53. The van der Waals surface area contributed by atoms with Crippen LogP contribution in [0, 0.1) is 0 Å². The monoisotopic (exact) mass is 361 g/mol. The third kappa shape index (κ3) is 4.43. The van der Waals surface area contributed by atoms with E-state index in [1.54, 1.807) is 18.2 Å². The predicted molar refractivity (Wildman–Crippen MR) is 89.6 cm³/mol. The minimum Gasteiger partial charge on any atom is -0.488 e. The molecule has 0 fully saturated rings. The van der Waals surface area contributed by atoms with E-state index >= 15 is 0 Å². The normalized spacial score (nSPS) is 10.1. The lowest BCUT2D eigenvalue weighted by molar-refractivity contribution is -0.114. The van der Waals surface area contributed by atoms with Crippen LogP contribution in [0.3, 0.4) is 0 Å². The summed E-state index contributed by atoms with van der Waals surface area (Å²) in [5, 5.41) is 2.90. The van der Waals surface area contributed by atoms with Crippen molar-refractivity contribution in [2.24, 2.45) is 0 Å². The average molecular weight is 362 g/mol. The van der Waals surface area contributed by atoms with E-state index < -0.39 is 0 Å². The van der Waals surface area contributed by atoms with Crippen LogP contribution in [-0.4, -0.2) is 17.0 Å². The number of carbonyl (C=O) groups is 2. The van der Waals surface area contributed by atoms with Gasteiger partial charge in [0.1, 0.15) is 12.4 Å². The molecule has 0 atom stereocenters. The zero-order chi connectivity index (χ0) is 15.9. The standard InChI is InChI=1S/C17H16BrNO3/c1-12(20)19-14-7-8-15(16(21)10-18)17(9-14)22-11-13-5-3-2-4-6-13/h2-9H,10-11H2,1H3,(H,19,20). The quantitative estimate of drug-likeness (QED) is 0.628. The number of carbonyl (C=O) groups excluding carboxylic acids is 2. The molecular formula is C17H16BrNO3. The molecule has 0 saturated carbocycles. The largest absolute Gasteiger partial charge is 0.488 e. The summed E-state index contributed by atoms with van der Waals surface area (Å²) >= 11 is 3.17. The zero-order valence-corrected chi connectivity index (χ0v) is 13.7. The van der Waals surface area contributed by atoms with Gasteiger partial charge in [0.05, 0.1) is 10.9 Å². The Labute approximate surface area is 137 Å². The van der Waals surface area contributed by atoms with Gasteiger partial charge >= 0.3 is 0 Å². The number of anilines is 1. The molecule has 1 N–H and O–H groups in total. The fraction of sp³-hybridized carbons (Fsp3) is 0.176. The number of benzene rings is 2. The molecular weight excluding hydrogens is 346 g/mol. The van der Waals surface area contributed by atoms with Crippen molar-refractivity contribution in [1.82, 2.24) is 0 Å². The molecule has 0 aliphatic carbocycles. The highest BCUT2D eigenvalue weighted by Gasteiger charge is 2.13. The van der Waals surface area contributed by atoms with Crippen LogP contribution in [0.25, 0.3) is 0 Å². The lowest BCUT2D eigenvalue weighted by atomic mass is 10.1. The first kappa shape index (κ1) is 16.2. The number of ketones is 1. The Morgan fingerprint density at radius 1 is 1.14 bits per heavy atom. The third-order valence-electron chi connectivity index (χ3n) is 2.96. The fourth-order valence-electron chi connectivity index (χ4n) is 1.96. The number of hydrogen-bond acceptors (Lipinski definition) is 3. The van der Waals surface area contributed by atoms with Crippen molar-refractivity contribution in [2.75, 3.05) is 10.6 Å². The van der Waals surface area contributed by atoms with E-state index in [1.807, 2.05) is 30.3 Å². The van der Waals surface area contributed by atoms with Crippen LogP contribution in [0.1, 0.15) is 22.8 Å². The summed E-state index contributed by atoms with van der Waals surface area (Å²) in [4.78, 5) is 23.1. The second-order valence-electron chi connectivity index (χ2n) is 4.72. The van der Waals surface area contributed by atoms with E-state index in [-0.39, 0.29) is 17.0 Å². The van der Waals surface area contributed by atoms with E-state index in [4.69, 9.17) is 4.74 Å².